The lowest BCUT2D eigenvalue weighted by Gasteiger charge is -2.14. The molecule has 7 nitrogen and oxygen atoms in total. The fourth-order valence-corrected chi connectivity index (χ4v) is 2.32. The van der Waals surface area contributed by atoms with Crippen LogP contribution < -0.4 is 5.32 Å². The lowest BCUT2D eigenvalue weighted by molar-refractivity contribution is -0.385. The van der Waals surface area contributed by atoms with Gasteiger partial charge in [0.15, 0.2) is 6.61 Å². The molecule has 0 aliphatic heterocycles. The van der Waals surface area contributed by atoms with Gasteiger partial charge in [0, 0.05) is 11.1 Å². The molecule has 0 saturated heterocycles. The highest BCUT2D eigenvalue weighted by atomic mass is 35.5. The molecule has 0 spiro atoms. The molecule has 2 aromatic rings. The predicted molar refractivity (Wildman–Crippen MR) is 91.4 cm³/mol. The molecule has 2 aromatic carbocycles. The second-order valence-corrected chi connectivity index (χ2v) is 5.63. The van der Waals surface area contributed by atoms with Gasteiger partial charge in [-0.15, -0.1) is 0 Å². The summed E-state index contributed by atoms with van der Waals surface area (Å²) in [4.78, 5) is 34.2. The number of ether oxygens (including phenoxy) is 1. The number of esters is 1. The Labute approximate surface area is 148 Å². The van der Waals surface area contributed by atoms with Crippen LogP contribution >= 0.6 is 11.6 Å². The third-order valence-electron chi connectivity index (χ3n) is 3.39. The van der Waals surface area contributed by atoms with Gasteiger partial charge in [0.05, 0.1) is 11.0 Å². The fourth-order valence-electron chi connectivity index (χ4n) is 2.15. The molecule has 1 unspecified atom stereocenters. The van der Waals surface area contributed by atoms with Crippen molar-refractivity contribution in [3.05, 3.63) is 74.8 Å². The molecule has 2 rings (SSSR count). The molecule has 0 aliphatic rings. The zero-order valence-electron chi connectivity index (χ0n) is 13.3. The Morgan fingerprint density at radius 1 is 1.24 bits per heavy atom. The van der Waals surface area contributed by atoms with Gasteiger partial charge in [-0.05, 0) is 24.6 Å². The van der Waals surface area contributed by atoms with Crippen molar-refractivity contribution in [3.8, 4) is 0 Å². The molecule has 0 aromatic heterocycles. The zero-order valence-corrected chi connectivity index (χ0v) is 14.0. The van der Waals surface area contributed by atoms with Gasteiger partial charge in [-0.3, -0.25) is 14.9 Å². The number of nitrogens with zero attached hydrogens (tertiary/aromatic N) is 1. The van der Waals surface area contributed by atoms with E-state index in [0.29, 0.717) is 0 Å². The number of carbonyl (C=O) groups excluding carboxylic acids is 2. The molecule has 1 N–H and O–H groups in total. The predicted octanol–water partition coefficient (Wildman–Crippen LogP) is 3.28. The SMILES string of the molecule is CC(NC(=O)COC(=O)c1cc(Cl)ccc1[N+](=O)[O-])c1ccccc1. The molecule has 0 radical (unpaired) electrons. The molecule has 0 saturated carbocycles. The summed E-state index contributed by atoms with van der Waals surface area (Å²) in [5.41, 5.74) is 0.154. The number of halogens is 1. The largest absolute Gasteiger partial charge is 0.452 e. The Morgan fingerprint density at radius 3 is 2.56 bits per heavy atom. The molecule has 0 bridgehead atoms. The van der Waals surface area contributed by atoms with Crippen molar-refractivity contribution in [2.45, 2.75) is 13.0 Å². The fraction of sp³-hybridized carbons (Fsp3) is 0.176. The van der Waals surface area contributed by atoms with Crippen LogP contribution in [0.15, 0.2) is 48.5 Å². The number of carbonyl (C=O) groups is 2. The zero-order chi connectivity index (χ0) is 18.4. The van der Waals surface area contributed by atoms with Crippen molar-refractivity contribution in [2.75, 3.05) is 6.61 Å². The van der Waals surface area contributed by atoms with Gasteiger partial charge >= 0.3 is 5.97 Å². The summed E-state index contributed by atoms with van der Waals surface area (Å²) in [6.45, 7) is 1.23. The molecule has 0 fully saturated rings. The van der Waals surface area contributed by atoms with Gasteiger partial charge in [0.1, 0.15) is 5.56 Å². The van der Waals surface area contributed by atoms with E-state index in [9.17, 15) is 19.7 Å². The number of hydrogen-bond donors (Lipinski definition) is 1. The van der Waals surface area contributed by atoms with Crippen LogP contribution in [-0.4, -0.2) is 23.4 Å². The minimum absolute atomic E-state index is 0.153. The second-order valence-electron chi connectivity index (χ2n) is 5.19. The van der Waals surface area contributed by atoms with Crippen molar-refractivity contribution < 1.29 is 19.2 Å². The van der Waals surface area contributed by atoms with Crippen LogP contribution in [0.3, 0.4) is 0 Å². The van der Waals surface area contributed by atoms with Crippen molar-refractivity contribution in [3.63, 3.8) is 0 Å². The Balaban J connectivity index is 1.97. The number of hydrogen-bond acceptors (Lipinski definition) is 5. The van der Waals surface area contributed by atoms with Crippen LogP contribution in [0.1, 0.15) is 28.9 Å². The smallest absolute Gasteiger partial charge is 0.345 e. The normalized spacial score (nSPS) is 11.4. The van der Waals surface area contributed by atoms with Gasteiger partial charge in [0.2, 0.25) is 0 Å². The summed E-state index contributed by atoms with van der Waals surface area (Å²) in [7, 11) is 0. The van der Waals surface area contributed by atoms with Crippen LogP contribution in [0, 0.1) is 10.1 Å². The highest BCUT2D eigenvalue weighted by Crippen LogP contribution is 2.23. The summed E-state index contributed by atoms with van der Waals surface area (Å²) in [5, 5.41) is 13.8. The maximum atomic E-state index is 12.0. The number of amides is 1. The summed E-state index contributed by atoms with van der Waals surface area (Å²) >= 11 is 5.76. The van der Waals surface area contributed by atoms with Crippen LogP contribution in [0.25, 0.3) is 0 Å². The first-order chi connectivity index (χ1) is 11.9. The average molecular weight is 363 g/mol. The van der Waals surface area contributed by atoms with Gasteiger partial charge in [0.25, 0.3) is 11.6 Å². The van der Waals surface area contributed by atoms with E-state index in [4.69, 9.17) is 16.3 Å². The van der Waals surface area contributed by atoms with Crippen molar-refractivity contribution in [1.29, 1.82) is 0 Å². The van der Waals surface area contributed by atoms with E-state index in [1.165, 1.54) is 6.07 Å². The first-order valence-electron chi connectivity index (χ1n) is 7.34. The molecule has 25 heavy (non-hydrogen) atoms. The topological polar surface area (TPSA) is 98.5 Å². The third-order valence-corrected chi connectivity index (χ3v) is 3.62. The van der Waals surface area contributed by atoms with Gasteiger partial charge in [-0.1, -0.05) is 41.9 Å². The van der Waals surface area contributed by atoms with E-state index >= 15 is 0 Å². The second kappa shape index (κ2) is 8.25. The minimum atomic E-state index is -0.989. The average Bonchev–Trinajstić information content (AvgIpc) is 2.60. The van der Waals surface area contributed by atoms with Crippen molar-refractivity contribution >= 4 is 29.2 Å². The van der Waals surface area contributed by atoms with Gasteiger partial charge < -0.3 is 10.1 Å². The first-order valence-corrected chi connectivity index (χ1v) is 7.71. The molecule has 8 heteroatoms. The maximum absolute atomic E-state index is 12.0. The lowest BCUT2D eigenvalue weighted by Crippen LogP contribution is -2.31. The van der Waals surface area contributed by atoms with Crippen LogP contribution in [-0.2, 0) is 9.53 Å². The van der Waals surface area contributed by atoms with Gasteiger partial charge in [-0.2, -0.15) is 0 Å². The van der Waals surface area contributed by atoms with E-state index in [1.807, 2.05) is 30.3 Å². The molecule has 0 aliphatic carbocycles. The van der Waals surface area contributed by atoms with Gasteiger partial charge in [-0.25, -0.2) is 4.79 Å². The number of nitrogens with one attached hydrogen (secondary N) is 1. The van der Waals surface area contributed by atoms with Crippen molar-refractivity contribution in [2.24, 2.45) is 0 Å². The standard InChI is InChI=1S/C17H15ClN2O5/c1-11(12-5-3-2-4-6-12)19-16(21)10-25-17(22)14-9-13(18)7-8-15(14)20(23)24/h2-9,11H,10H2,1H3,(H,19,21). The maximum Gasteiger partial charge on any atom is 0.345 e. The Hall–Kier alpha value is -2.93. The lowest BCUT2D eigenvalue weighted by atomic mass is 10.1. The van der Waals surface area contributed by atoms with E-state index < -0.39 is 29.1 Å². The van der Waals surface area contributed by atoms with Crippen molar-refractivity contribution in [1.82, 2.24) is 5.32 Å². The third kappa shape index (κ3) is 5.02. The Morgan fingerprint density at radius 2 is 1.92 bits per heavy atom. The molecule has 0 heterocycles. The van der Waals surface area contributed by atoms with E-state index in [0.717, 1.165) is 17.7 Å². The van der Waals surface area contributed by atoms with Crippen LogP contribution in [0.2, 0.25) is 5.02 Å². The molecular formula is C17H15ClN2O5. The summed E-state index contributed by atoms with van der Waals surface area (Å²) in [5.74, 6) is -1.51. The Bertz CT molecular complexity index is 795. The van der Waals surface area contributed by atoms with E-state index in [-0.39, 0.29) is 16.6 Å². The van der Waals surface area contributed by atoms with E-state index in [2.05, 4.69) is 5.32 Å². The molecule has 130 valence electrons. The highest BCUT2D eigenvalue weighted by molar-refractivity contribution is 6.31. The number of rotatable bonds is 6. The number of benzene rings is 2. The monoisotopic (exact) mass is 362 g/mol. The molecule has 1 atom stereocenters. The van der Waals surface area contributed by atoms with E-state index in [1.54, 1.807) is 6.92 Å². The first kappa shape index (κ1) is 18.4. The summed E-state index contributed by atoms with van der Waals surface area (Å²) in [6, 6.07) is 12.5. The highest BCUT2D eigenvalue weighted by Gasteiger charge is 2.22. The van der Waals surface area contributed by atoms with Crippen LogP contribution in [0.4, 0.5) is 5.69 Å². The number of nitro benzene ring substituents is 1. The Kier molecular flexibility index (Phi) is 6.08. The van der Waals surface area contributed by atoms with Crippen LogP contribution in [0.5, 0.6) is 0 Å². The molecular weight excluding hydrogens is 348 g/mol. The quantitative estimate of drug-likeness (QED) is 0.483. The summed E-state index contributed by atoms with van der Waals surface area (Å²) in [6.07, 6.45) is 0. The minimum Gasteiger partial charge on any atom is -0.452 e. The molecule has 1 amide bonds. The summed E-state index contributed by atoms with van der Waals surface area (Å²) < 4.78 is 4.86. The number of nitro groups is 1.